The molecule has 2 aromatic rings. The van der Waals surface area contributed by atoms with E-state index in [2.05, 4.69) is 15.3 Å². The van der Waals surface area contributed by atoms with Crippen LogP contribution >= 0.6 is 0 Å². The molecule has 0 spiro atoms. The Kier molecular flexibility index (Phi) is 4.50. The fraction of sp³-hybridized carbons (Fsp3) is 0.231. The molecule has 1 N–H and O–H groups in total. The maximum absolute atomic E-state index is 11.0. The van der Waals surface area contributed by atoms with Crippen LogP contribution in [0.2, 0.25) is 0 Å². The maximum atomic E-state index is 11.0. The molecule has 1 aromatic carbocycles. The number of anilines is 1. The van der Waals surface area contributed by atoms with E-state index in [0.717, 1.165) is 6.20 Å². The van der Waals surface area contributed by atoms with Crippen LogP contribution in [0.25, 0.3) is 0 Å². The van der Waals surface area contributed by atoms with Crippen molar-refractivity contribution < 1.29 is 14.4 Å². The Hall–Kier alpha value is -2.90. The van der Waals surface area contributed by atoms with Gasteiger partial charge >= 0.3 is 11.6 Å². The normalized spacial score (nSPS) is 10.0. The number of aromatic nitrogens is 2. The van der Waals surface area contributed by atoms with E-state index in [1.165, 1.54) is 0 Å². The molecular weight excluding hydrogens is 276 g/mol. The minimum Gasteiger partial charge on any atom is -0.497 e. The first-order valence-electron chi connectivity index (χ1n) is 6.21. The van der Waals surface area contributed by atoms with Gasteiger partial charge in [-0.1, -0.05) is 0 Å². The van der Waals surface area contributed by atoms with Crippen LogP contribution < -0.4 is 14.8 Å². The Balaban J connectivity index is 2.30. The van der Waals surface area contributed by atoms with Gasteiger partial charge in [-0.05, 0) is 31.2 Å². The molecule has 110 valence electrons. The first-order chi connectivity index (χ1) is 10.1. The molecule has 8 nitrogen and oxygen atoms in total. The molecule has 21 heavy (non-hydrogen) atoms. The first-order valence-corrected chi connectivity index (χ1v) is 6.21. The molecule has 1 aromatic heterocycles. The third kappa shape index (κ3) is 3.56. The summed E-state index contributed by atoms with van der Waals surface area (Å²) in [7, 11) is 1.55. The van der Waals surface area contributed by atoms with Gasteiger partial charge in [0.05, 0.1) is 12.0 Å². The fourth-order valence-corrected chi connectivity index (χ4v) is 1.56. The van der Waals surface area contributed by atoms with Gasteiger partial charge in [0.15, 0.2) is 0 Å². The molecule has 0 amide bonds. The third-order valence-electron chi connectivity index (χ3n) is 2.54. The van der Waals surface area contributed by atoms with E-state index in [4.69, 9.17) is 9.47 Å². The van der Waals surface area contributed by atoms with Crippen molar-refractivity contribution in [2.24, 2.45) is 0 Å². The standard InChI is InChI=1S/C13H14N4O4/c1-3-14-13-15-8-11(17(18)19)12(16-13)21-10-6-4-9(20-2)5-7-10/h4-8H,3H2,1-2H3,(H,14,15,16). The summed E-state index contributed by atoms with van der Waals surface area (Å²) in [5, 5.41) is 13.9. The van der Waals surface area contributed by atoms with Crippen LogP contribution in [0.5, 0.6) is 17.4 Å². The predicted octanol–water partition coefficient (Wildman–Crippen LogP) is 2.62. The Labute approximate surface area is 120 Å². The second-order valence-corrected chi connectivity index (χ2v) is 3.95. The summed E-state index contributed by atoms with van der Waals surface area (Å²) in [5.41, 5.74) is -0.299. The number of nitrogens with one attached hydrogen (secondary N) is 1. The van der Waals surface area contributed by atoms with Gasteiger partial charge in [-0.2, -0.15) is 4.98 Å². The van der Waals surface area contributed by atoms with Gasteiger partial charge in [-0.3, -0.25) is 10.1 Å². The van der Waals surface area contributed by atoms with Crippen molar-refractivity contribution in [1.82, 2.24) is 9.97 Å². The van der Waals surface area contributed by atoms with E-state index in [-0.39, 0.29) is 17.5 Å². The highest BCUT2D eigenvalue weighted by molar-refractivity contribution is 5.45. The molecular formula is C13H14N4O4. The van der Waals surface area contributed by atoms with Crippen molar-refractivity contribution in [2.75, 3.05) is 19.0 Å². The number of benzene rings is 1. The molecule has 2 rings (SSSR count). The third-order valence-corrected chi connectivity index (χ3v) is 2.54. The molecule has 0 aliphatic carbocycles. The average Bonchev–Trinajstić information content (AvgIpc) is 2.48. The number of nitro groups is 1. The Morgan fingerprint density at radius 2 is 1.95 bits per heavy atom. The zero-order chi connectivity index (χ0) is 15.2. The van der Waals surface area contributed by atoms with E-state index in [9.17, 15) is 10.1 Å². The smallest absolute Gasteiger partial charge is 0.349 e. The summed E-state index contributed by atoms with van der Waals surface area (Å²) in [6, 6.07) is 6.65. The second kappa shape index (κ2) is 6.51. The van der Waals surface area contributed by atoms with Gasteiger partial charge in [0.2, 0.25) is 5.95 Å². The quantitative estimate of drug-likeness (QED) is 0.644. The largest absolute Gasteiger partial charge is 0.497 e. The minimum absolute atomic E-state index is 0.115. The molecule has 0 aliphatic rings. The van der Waals surface area contributed by atoms with E-state index >= 15 is 0 Å². The van der Waals surface area contributed by atoms with Crippen molar-refractivity contribution in [3.63, 3.8) is 0 Å². The summed E-state index contributed by atoms with van der Waals surface area (Å²) < 4.78 is 10.5. The van der Waals surface area contributed by atoms with E-state index in [0.29, 0.717) is 18.0 Å². The molecule has 0 radical (unpaired) electrons. The Morgan fingerprint density at radius 1 is 1.29 bits per heavy atom. The van der Waals surface area contributed by atoms with Gasteiger partial charge in [0.25, 0.3) is 0 Å². The van der Waals surface area contributed by atoms with Gasteiger partial charge in [-0.25, -0.2) is 4.98 Å². The van der Waals surface area contributed by atoms with Gasteiger partial charge in [-0.15, -0.1) is 0 Å². The van der Waals surface area contributed by atoms with Crippen LogP contribution in [0.3, 0.4) is 0 Å². The lowest BCUT2D eigenvalue weighted by atomic mass is 10.3. The highest BCUT2D eigenvalue weighted by Crippen LogP contribution is 2.30. The lowest BCUT2D eigenvalue weighted by molar-refractivity contribution is -0.386. The fourth-order valence-electron chi connectivity index (χ4n) is 1.56. The van der Waals surface area contributed by atoms with Crippen LogP contribution in [0.15, 0.2) is 30.5 Å². The number of hydrogen-bond acceptors (Lipinski definition) is 7. The van der Waals surface area contributed by atoms with Crippen molar-refractivity contribution in [3.8, 4) is 17.4 Å². The predicted molar refractivity (Wildman–Crippen MR) is 75.9 cm³/mol. The lowest BCUT2D eigenvalue weighted by Gasteiger charge is -2.07. The summed E-state index contributed by atoms with van der Waals surface area (Å²) in [6.45, 7) is 2.47. The molecule has 0 unspecified atom stereocenters. The van der Waals surface area contributed by atoms with Gasteiger partial charge < -0.3 is 14.8 Å². The molecule has 0 bridgehead atoms. The SMILES string of the molecule is CCNc1ncc([N+](=O)[O-])c(Oc2ccc(OC)cc2)n1. The van der Waals surface area contributed by atoms with Crippen LogP contribution in [0, 0.1) is 10.1 Å². The van der Waals surface area contributed by atoms with Crippen LogP contribution in [-0.4, -0.2) is 28.5 Å². The van der Waals surface area contributed by atoms with Crippen LogP contribution in [0.1, 0.15) is 6.92 Å². The molecule has 0 aliphatic heterocycles. The molecule has 0 saturated heterocycles. The highest BCUT2D eigenvalue weighted by Gasteiger charge is 2.19. The summed E-state index contributed by atoms with van der Waals surface area (Å²) in [4.78, 5) is 18.3. The number of nitrogens with zero attached hydrogens (tertiary/aromatic N) is 3. The van der Waals surface area contributed by atoms with Crippen molar-refractivity contribution >= 4 is 11.6 Å². The number of hydrogen-bond donors (Lipinski definition) is 1. The molecule has 0 atom stereocenters. The monoisotopic (exact) mass is 290 g/mol. The van der Waals surface area contributed by atoms with Crippen LogP contribution in [-0.2, 0) is 0 Å². The number of ether oxygens (including phenoxy) is 2. The Morgan fingerprint density at radius 3 is 2.52 bits per heavy atom. The zero-order valence-corrected chi connectivity index (χ0v) is 11.6. The highest BCUT2D eigenvalue weighted by atomic mass is 16.6. The maximum Gasteiger partial charge on any atom is 0.349 e. The minimum atomic E-state index is -0.589. The van der Waals surface area contributed by atoms with Crippen molar-refractivity contribution in [1.29, 1.82) is 0 Å². The first kappa shape index (κ1) is 14.5. The summed E-state index contributed by atoms with van der Waals surface area (Å²) in [6.07, 6.45) is 1.11. The topological polar surface area (TPSA) is 99.4 Å². The van der Waals surface area contributed by atoms with Crippen LogP contribution in [0.4, 0.5) is 11.6 Å². The van der Waals surface area contributed by atoms with Crippen molar-refractivity contribution in [2.45, 2.75) is 6.92 Å². The van der Waals surface area contributed by atoms with Gasteiger partial charge in [0, 0.05) is 6.54 Å². The molecule has 1 heterocycles. The van der Waals surface area contributed by atoms with E-state index in [1.807, 2.05) is 6.92 Å². The summed E-state index contributed by atoms with van der Waals surface area (Å²) >= 11 is 0. The van der Waals surface area contributed by atoms with Gasteiger partial charge in [0.1, 0.15) is 17.7 Å². The Bertz CT molecular complexity index is 631. The molecule has 0 fully saturated rings. The zero-order valence-electron chi connectivity index (χ0n) is 11.6. The number of rotatable bonds is 6. The van der Waals surface area contributed by atoms with Crippen molar-refractivity contribution in [3.05, 3.63) is 40.6 Å². The molecule has 8 heteroatoms. The average molecular weight is 290 g/mol. The van der Waals surface area contributed by atoms with E-state index < -0.39 is 4.92 Å². The number of methoxy groups -OCH3 is 1. The molecule has 0 saturated carbocycles. The van der Waals surface area contributed by atoms with E-state index in [1.54, 1.807) is 31.4 Å². The second-order valence-electron chi connectivity index (χ2n) is 3.95. The lowest BCUT2D eigenvalue weighted by Crippen LogP contribution is -2.05. The summed E-state index contributed by atoms with van der Waals surface area (Å²) in [5.74, 6) is 1.23.